The van der Waals surface area contributed by atoms with E-state index in [0.29, 0.717) is 31.5 Å². The quantitative estimate of drug-likeness (QED) is 0.572. The molecule has 0 aliphatic rings. The maximum atomic E-state index is 12.9. The molecule has 0 aliphatic carbocycles. The first-order chi connectivity index (χ1) is 9.35. The lowest BCUT2D eigenvalue weighted by atomic mass is 10.3. The molecule has 1 rings (SSSR count). The second kappa shape index (κ2) is 7.49. The number of halogens is 3. The molecule has 0 heterocycles. The smallest absolute Gasteiger partial charge is 0.232 e. The van der Waals surface area contributed by atoms with E-state index >= 15 is 0 Å². The van der Waals surface area contributed by atoms with Gasteiger partial charge in [0, 0.05) is 12.1 Å². The van der Waals surface area contributed by atoms with E-state index in [1.165, 1.54) is 0 Å². The third-order valence-corrected chi connectivity index (χ3v) is 3.90. The van der Waals surface area contributed by atoms with Gasteiger partial charge in [-0.1, -0.05) is 6.92 Å². The Hall–Kier alpha value is -1.28. The molecule has 0 saturated carbocycles. The van der Waals surface area contributed by atoms with E-state index in [1.54, 1.807) is 0 Å². The zero-order valence-corrected chi connectivity index (χ0v) is 11.9. The molecular weight excluding hydrogens is 293 g/mol. The number of unbranched alkanes of at least 4 members (excludes halogenated alkanes) is 1. The number of hydrogen-bond acceptors (Lipinski definition) is 3. The Morgan fingerprint density at radius 1 is 1.10 bits per heavy atom. The normalized spacial score (nSPS) is 11.6. The average Bonchev–Trinajstić information content (AvgIpc) is 2.35. The highest BCUT2D eigenvalue weighted by Crippen LogP contribution is 2.18. The summed E-state index contributed by atoms with van der Waals surface area (Å²) in [6.07, 6.45) is 1.08. The van der Waals surface area contributed by atoms with Crippen LogP contribution < -0.4 is 10.0 Å². The van der Waals surface area contributed by atoms with Crippen LogP contribution >= 0.6 is 0 Å². The molecule has 0 bridgehead atoms. The molecule has 0 fully saturated rings. The standard InChI is InChI=1S/C12H17F3N2O2S/c1-2-16-5-3-4-6-20(18,19)17-9-7-10(13)12(15)11(14)8-9/h7-8,16-17H,2-6H2,1H3. The van der Waals surface area contributed by atoms with Crippen LogP contribution in [0.5, 0.6) is 0 Å². The highest BCUT2D eigenvalue weighted by atomic mass is 32.2. The highest BCUT2D eigenvalue weighted by Gasteiger charge is 2.15. The van der Waals surface area contributed by atoms with E-state index in [2.05, 4.69) is 5.32 Å². The third-order valence-electron chi connectivity index (χ3n) is 2.52. The second-order valence-electron chi connectivity index (χ2n) is 4.24. The predicted molar refractivity (Wildman–Crippen MR) is 71.5 cm³/mol. The molecule has 0 aromatic heterocycles. The fourth-order valence-corrected chi connectivity index (χ4v) is 2.73. The number of hydrogen-bond donors (Lipinski definition) is 2. The molecule has 0 saturated heterocycles. The summed E-state index contributed by atoms with van der Waals surface area (Å²) in [5.41, 5.74) is -0.326. The van der Waals surface area contributed by atoms with Crippen molar-refractivity contribution in [3.63, 3.8) is 0 Å². The molecule has 114 valence electrons. The molecule has 0 unspecified atom stereocenters. The largest absolute Gasteiger partial charge is 0.317 e. The van der Waals surface area contributed by atoms with E-state index in [1.807, 2.05) is 11.6 Å². The van der Waals surface area contributed by atoms with Crippen LogP contribution in [0.15, 0.2) is 12.1 Å². The first-order valence-electron chi connectivity index (χ1n) is 6.21. The van der Waals surface area contributed by atoms with Crippen molar-refractivity contribution >= 4 is 15.7 Å². The molecule has 0 radical (unpaired) electrons. The summed E-state index contributed by atoms with van der Waals surface area (Å²) in [4.78, 5) is 0. The number of nitrogens with one attached hydrogen (secondary N) is 2. The van der Waals surface area contributed by atoms with Gasteiger partial charge in [0.25, 0.3) is 0 Å². The highest BCUT2D eigenvalue weighted by molar-refractivity contribution is 7.92. The minimum absolute atomic E-state index is 0.168. The first-order valence-corrected chi connectivity index (χ1v) is 7.86. The van der Waals surface area contributed by atoms with Crippen LogP contribution in [0.2, 0.25) is 0 Å². The Morgan fingerprint density at radius 3 is 2.25 bits per heavy atom. The van der Waals surface area contributed by atoms with Crippen LogP contribution in [-0.4, -0.2) is 27.3 Å². The fraction of sp³-hybridized carbons (Fsp3) is 0.500. The summed E-state index contributed by atoms with van der Waals surface area (Å²) >= 11 is 0. The summed E-state index contributed by atoms with van der Waals surface area (Å²) in [6, 6.07) is 1.21. The number of anilines is 1. The Bertz CT molecular complexity index is 527. The summed E-state index contributed by atoms with van der Waals surface area (Å²) in [5, 5.41) is 3.05. The van der Waals surface area contributed by atoms with Crippen LogP contribution in [0.25, 0.3) is 0 Å². The van der Waals surface area contributed by atoms with Crippen LogP contribution in [0.1, 0.15) is 19.8 Å². The molecule has 1 aromatic carbocycles. The molecule has 8 heteroatoms. The van der Waals surface area contributed by atoms with Gasteiger partial charge < -0.3 is 5.32 Å². The molecule has 0 aliphatic heterocycles. The summed E-state index contributed by atoms with van der Waals surface area (Å²) < 4.78 is 64.0. The number of rotatable bonds is 8. The molecule has 0 atom stereocenters. The van der Waals surface area contributed by atoms with Crippen LogP contribution in [0.4, 0.5) is 18.9 Å². The van der Waals surface area contributed by atoms with Crippen molar-refractivity contribution in [1.82, 2.24) is 5.32 Å². The average molecular weight is 310 g/mol. The molecular formula is C12H17F3N2O2S. The van der Waals surface area contributed by atoms with Crippen LogP contribution in [0.3, 0.4) is 0 Å². The van der Waals surface area contributed by atoms with E-state index in [9.17, 15) is 21.6 Å². The first kappa shape index (κ1) is 16.8. The Labute approximate surface area is 116 Å². The summed E-state index contributed by atoms with van der Waals surface area (Å²) in [5.74, 6) is -4.66. The van der Waals surface area contributed by atoms with Crippen molar-refractivity contribution in [2.45, 2.75) is 19.8 Å². The van der Waals surface area contributed by atoms with Gasteiger partial charge in [-0.25, -0.2) is 21.6 Å². The van der Waals surface area contributed by atoms with Gasteiger partial charge in [-0.2, -0.15) is 0 Å². The Kier molecular flexibility index (Phi) is 6.28. The predicted octanol–water partition coefficient (Wildman–Crippen LogP) is 2.24. The van der Waals surface area contributed by atoms with Gasteiger partial charge in [0.1, 0.15) is 0 Å². The van der Waals surface area contributed by atoms with Crippen molar-refractivity contribution in [2.24, 2.45) is 0 Å². The SMILES string of the molecule is CCNCCCCS(=O)(=O)Nc1cc(F)c(F)c(F)c1. The molecule has 20 heavy (non-hydrogen) atoms. The van der Waals surface area contributed by atoms with Crippen LogP contribution in [-0.2, 0) is 10.0 Å². The number of sulfonamides is 1. The zero-order chi connectivity index (χ0) is 15.2. The number of benzene rings is 1. The molecule has 1 aromatic rings. The van der Waals surface area contributed by atoms with Gasteiger partial charge in [0.05, 0.1) is 11.4 Å². The van der Waals surface area contributed by atoms with Gasteiger partial charge in [-0.3, -0.25) is 4.72 Å². The van der Waals surface area contributed by atoms with E-state index in [4.69, 9.17) is 0 Å². The molecule has 4 nitrogen and oxygen atoms in total. The minimum atomic E-state index is -3.70. The lowest BCUT2D eigenvalue weighted by Crippen LogP contribution is -2.19. The summed E-state index contributed by atoms with van der Waals surface area (Å²) in [7, 11) is -3.70. The fourth-order valence-electron chi connectivity index (χ4n) is 1.56. The minimum Gasteiger partial charge on any atom is -0.317 e. The van der Waals surface area contributed by atoms with Gasteiger partial charge in [-0.05, 0) is 25.9 Å². The van der Waals surface area contributed by atoms with Gasteiger partial charge in [0.15, 0.2) is 17.5 Å². The van der Waals surface area contributed by atoms with Crippen molar-refractivity contribution < 1.29 is 21.6 Å². The maximum Gasteiger partial charge on any atom is 0.232 e. The van der Waals surface area contributed by atoms with E-state index < -0.39 is 27.5 Å². The van der Waals surface area contributed by atoms with Crippen molar-refractivity contribution in [2.75, 3.05) is 23.6 Å². The molecule has 0 spiro atoms. The van der Waals surface area contributed by atoms with Crippen molar-refractivity contribution in [3.05, 3.63) is 29.6 Å². The van der Waals surface area contributed by atoms with Gasteiger partial charge >= 0.3 is 0 Å². The van der Waals surface area contributed by atoms with Crippen molar-refractivity contribution in [3.8, 4) is 0 Å². The monoisotopic (exact) mass is 310 g/mol. The molecule has 2 N–H and O–H groups in total. The Balaban J connectivity index is 2.58. The van der Waals surface area contributed by atoms with E-state index in [0.717, 1.165) is 6.54 Å². The second-order valence-corrected chi connectivity index (χ2v) is 6.08. The summed E-state index contributed by atoms with van der Waals surface area (Å²) in [6.45, 7) is 3.45. The zero-order valence-electron chi connectivity index (χ0n) is 11.0. The maximum absolute atomic E-state index is 12.9. The van der Waals surface area contributed by atoms with Crippen molar-refractivity contribution in [1.29, 1.82) is 0 Å². The lowest BCUT2D eigenvalue weighted by molar-refractivity contribution is 0.448. The topological polar surface area (TPSA) is 58.2 Å². The van der Waals surface area contributed by atoms with Crippen LogP contribution in [0, 0.1) is 17.5 Å². The molecule has 0 amide bonds. The van der Waals surface area contributed by atoms with Gasteiger partial charge in [-0.15, -0.1) is 0 Å². The Morgan fingerprint density at radius 2 is 1.70 bits per heavy atom. The van der Waals surface area contributed by atoms with Gasteiger partial charge in [0.2, 0.25) is 10.0 Å². The van der Waals surface area contributed by atoms with E-state index in [-0.39, 0.29) is 11.4 Å². The lowest BCUT2D eigenvalue weighted by Gasteiger charge is -2.09. The third kappa shape index (κ3) is 5.38.